The van der Waals surface area contributed by atoms with E-state index in [1.165, 1.54) is 0 Å². The highest BCUT2D eigenvalue weighted by molar-refractivity contribution is 5.92. The SMILES string of the molecule is CCCOc1cc(C)ccc1CN=C(N)Nc1ccc2c(c1)OCCCO2. The second kappa shape index (κ2) is 9.16. The van der Waals surface area contributed by atoms with Gasteiger partial charge in [-0.15, -0.1) is 0 Å². The molecule has 0 aromatic heterocycles. The first kappa shape index (κ1) is 18.9. The zero-order chi connectivity index (χ0) is 19.1. The standard InChI is InChI=1S/C21H27N3O3/c1-3-9-25-19-12-15(2)5-6-16(19)14-23-21(22)24-17-7-8-18-20(13-17)27-11-4-10-26-18/h5-8,12-13H,3-4,9-11,14H2,1-2H3,(H3,22,23,24). The van der Waals surface area contributed by atoms with Gasteiger partial charge in [0, 0.05) is 23.7 Å². The monoisotopic (exact) mass is 369 g/mol. The van der Waals surface area contributed by atoms with E-state index in [9.17, 15) is 0 Å². The predicted octanol–water partition coefficient (Wildman–Crippen LogP) is 3.87. The molecule has 1 heterocycles. The van der Waals surface area contributed by atoms with Crippen LogP contribution in [0.4, 0.5) is 5.69 Å². The van der Waals surface area contributed by atoms with Crippen LogP contribution >= 0.6 is 0 Å². The number of hydrogen-bond acceptors (Lipinski definition) is 4. The summed E-state index contributed by atoms with van der Waals surface area (Å²) in [6.07, 6.45) is 1.84. The van der Waals surface area contributed by atoms with E-state index in [4.69, 9.17) is 19.9 Å². The van der Waals surface area contributed by atoms with Crippen LogP contribution in [-0.4, -0.2) is 25.8 Å². The number of ether oxygens (including phenoxy) is 3. The largest absolute Gasteiger partial charge is 0.493 e. The minimum Gasteiger partial charge on any atom is -0.493 e. The van der Waals surface area contributed by atoms with Gasteiger partial charge in [-0.05, 0) is 37.1 Å². The van der Waals surface area contributed by atoms with Crippen LogP contribution in [0, 0.1) is 6.92 Å². The molecule has 0 saturated heterocycles. The summed E-state index contributed by atoms with van der Waals surface area (Å²) in [7, 11) is 0. The Hall–Kier alpha value is -2.89. The van der Waals surface area contributed by atoms with Crippen molar-refractivity contribution < 1.29 is 14.2 Å². The third kappa shape index (κ3) is 5.29. The fourth-order valence-electron chi connectivity index (χ4n) is 2.74. The van der Waals surface area contributed by atoms with Crippen molar-refractivity contribution >= 4 is 11.6 Å². The van der Waals surface area contributed by atoms with Crippen LogP contribution in [0.2, 0.25) is 0 Å². The zero-order valence-corrected chi connectivity index (χ0v) is 16.0. The molecule has 27 heavy (non-hydrogen) atoms. The average Bonchev–Trinajstić information content (AvgIpc) is 2.90. The molecule has 0 spiro atoms. The number of guanidine groups is 1. The number of nitrogens with one attached hydrogen (secondary N) is 1. The van der Waals surface area contributed by atoms with E-state index >= 15 is 0 Å². The molecule has 6 nitrogen and oxygen atoms in total. The highest BCUT2D eigenvalue weighted by atomic mass is 16.5. The molecule has 6 heteroatoms. The van der Waals surface area contributed by atoms with E-state index in [1.807, 2.05) is 37.3 Å². The second-order valence-corrected chi connectivity index (χ2v) is 6.50. The van der Waals surface area contributed by atoms with Crippen molar-refractivity contribution in [3.8, 4) is 17.2 Å². The van der Waals surface area contributed by atoms with E-state index in [2.05, 4.69) is 23.3 Å². The molecule has 1 aliphatic heterocycles. The van der Waals surface area contributed by atoms with Gasteiger partial charge in [-0.1, -0.05) is 19.1 Å². The maximum Gasteiger partial charge on any atom is 0.193 e. The molecule has 2 aromatic rings. The van der Waals surface area contributed by atoms with Crippen LogP contribution in [0.1, 0.15) is 30.9 Å². The number of nitrogens with two attached hydrogens (primary N) is 1. The van der Waals surface area contributed by atoms with Gasteiger partial charge < -0.3 is 25.3 Å². The minimum absolute atomic E-state index is 0.339. The number of aryl methyl sites for hydroxylation is 1. The topological polar surface area (TPSA) is 78.1 Å². The summed E-state index contributed by atoms with van der Waals surface area (Å²) in [5.74, 6) is 2.68. The van der Waals surface area contributed by atoms with Gasteiger partial charge in [-0.3, -0.25) is 0 Å². The van der Waals surface area contributed by atoms with E-state index < -0.39 is 0 Å². The molecule has 0 unspecified atom stereocenters. The summed E-state index contributed by atoms with van der Waals surface area (Å²) in [5, 5.41) is 3.11. The summed E-state index contributed by atoms with van der Waals surface area (Å²) in [6.45, 7) is 6.58. The normalized spacial score (nSPS) is 13.8. The average molecular weight is 369 g/mol. The summed E-state index contributed by atoms with van der Waals surface area (Å²) in [4.78, 5) is 4.45. The van der Waals surface area contributed by atoms with Gasteiger partial charge in [-0.2, -0.15) is 0 Å². The molecule has 0 aliphatic carbocycles. The first-order valence-electron chi connectivity index (χ1n) is 9.34. The minimum atomic E-state index is 0.339. The van der Waals surface area contributed by atoms with E-state index in [0.717, 1.165) is 46.9 Å². The third-order valence-electron chi connectivity index (χ3n) is 4.12. The first-order valence-corrected chi connectivity index (χ1v) is 9.34. The van der Waals surface area contributed by atoms with Crippen LogP contribution in [0.25, 0.3) is 0 Å². The summed E-state index contributed by atoms with van der Waals surface area (Å²) < 4.78 is 17.2. The Bertz CT molecular complexity index is 805. The van der Waals surface area contributed by atoms with Crippen molar-refractivity contribution in [2.24, 2.45) is 10.7 Å². The van der Waals surface area contributed by atoms with Crippen LogP contribution in [0.5, 0.6) is 17.2 Å². The molecule has 3 N–H and O–H groups in total. The van der Waals surface area contributed by atoms with Crippen molar-refractivity contribution in [1.29, 1.82) is 0 Å². The number of fused-ring (bicyclic) bond motifs is 1. The van der Waals surface area contributed by atoms with Crippen molar-refractivity contribution in [2.75, 3.05) is 25.1 Å². The number of benzene rings is 2. The van der Waals surface area contributed by atoms with Gasteiger partial charge in [0.05, 0.1) is 26.4 Å². The second-order valence-electron chi connectivity index (χ2n) is 6.50. The fourth-order valence-corrected chi connectivity index (χ4v) is 2.74. The molecule has 0 bridgehead atoms. The number of rotatable bonds is 6. The van der Waals surface area contributed by atoms with E-state index in [1.54, 1.807) is 0 Å². The Labute approximate surface area is 160 Å². The lowest BCUT2D eigenvalue weighted by molar-refractivity contribution is 0.297. The van der Waals surface area contributed by atoms with Crippen molar-refractivity contribution in [3.63, 3.8) is 0 Å². The Kier molecular flexibility index (Phi) is 6.41. The van der Waals surface area contributed by atoms with Crippen LogP contribution in [0.3, 0.4) is 0 Å². The Morgan fingerprint density at radius 1 is 1.15 bits per heavy atom. The zero-order valence-electron chi connectivity index (χ0n) is 16.0. The molecular weight excluding hydrogens is 342 g/mol. The quantitative estimate of drug-likeness (QED) is 0.597. The Balaban J connectivity index is 1.67. The van der Waals surface area contributed by atoms with Gasteiger partial charge in [0.1, 0.15) is 5.75 Å². The summed E-state index contributed by atoms with van der Waals surface area (Å²) in [6, 6.07) is 11.8. The molecule has 0 atom stereocenters. The van der Waals surface area contributed by atoms with Crippen molar-refractivity contribution in [2.45, 2.75) is 33.2 Å². The lowest BCUT2D eigenvalue weighted by Crippen LogP contribution is -2.22. The van der Waals surface area contributed by atoms with Gasteiger partial charge in [0.25, 0.3) is 0 Å². The first-order chi connectivity index (χ1) is 13.2. The Morgan fingerprint density at radius 2 is 1.96 bits per heavy atom. The number of nitrogens with zero attached hydrogens (tertiary/aromatic N) is 1. The van der Waals surface area contributed by atoms with Gasteiger partial charge >= 0.3 is 0 Å². The van der Waals surface area contributed by atoms with Crippen LogP contribution < -0.4 is 25.3 Å². The molecule has 144 valence electrons. The fraction of sp³-hybridized carbons (Fsp3) is 0.381. The summed E-state index contributed by atoms with van der Waals surface area (Å²) >= 11 is 0. The van der Waals surface area contributed by atoms with Gasteiger partial charge in [0.2, 0.25) is 0 Å². The van der Waals surface area contributed by atoms with Crippen LogP contribution in [0.15, 0.2) is 41.4 Å². The third-order valence-corrected chi connectivity index (χ3v) is 4.12. The number of anilines is 1. The molecule has 0 radical (unpaired) electrons. The highest BCUT2D eigenvalue weighted by Gasteiger charge is 2.11. The maximum absolute atomic E-state index is 6.07. The van der Waals surface area contributed by atoms with Crippen LogP contribution in [-0.2, 0) is 6.54 Å². The highest BCUT2D eigenvalue weighted by Crippen LogP contribution is 2.32. The van der Waals surface area contributed by atoms with E-state index in [-0.39, 0.29) is 0 Å². The predicted molar refractivity (Wildman–Crippen MR) is 108 cm³/mol. The van der Waals surface area contributed by atoms with E-state index in [0.29, 0.717) is 32.3 Å². The molecule has 2 aromatic carbocycles. The summed E-state index contributed by atoms with van der Waals surface area (Å²) in [5.41, 5.74) is 9.05. The van der Waals surface area contributed by atoms with Crippen molar-refractivity contribution in [3.05, 3.63) is 47.5 Å². The molecule has 3 rings (SSSR count). The van der Waals surface area contributed by atoms with Crippen molar-refractivity contribution in [1.82, 2.24) is 0 Å². The van der Waals surface area contributed by atoms with Gasteiger partial charge in [0.15, 0.2) is 17.5 Å². The number of hydrogen-bond donors (Lipinski definition) is 2. The smallest absolute Gasteiger partial charge is 0.193 e. The lowest BCUT2D eigenvalue weighted by atomic mass is 10.1. The maximum atomic E-state index is 6.07. The molecule has 0 saturated carbocycles. The molecular formula is C21H27N3O3. The molecule has 0 fully saturated rings. The number of aliphatic imine (C=N–C) groups is 1. The molecule has 0 amide bonds. The van der Waals surface area contributed by atoms with Gasteiger partial charge in [-0.25, -0.2) is 4.99 Å². The lowest BCUT2D eigenvalue weighted by Gasteiger charge is -2.12. The Morgan fingerprint density at radius 3 is 2.78 bits per heavy atom. The molecule has 1 aliphatic rings.